The van der Waals surface area contributed by atoms with E-state index in [1.165, 1.54) is 23.1 Å². The Labute approximate surface area is 118 Å². The van der Waals surface area contributed by atoms with Crippen LogP contribution in [0.25, 0.3) is 6.08 Å². The van der Waals surface area contributed by atoms with E-state index in [9.17, 15) is 9.90 Å². The van der Waals surface area contributed by atoms with Gasteiger partial charge in [-0.1, -0.05) is 24.3 Å². The molecule has 0 spiro atoms. The van der Waals surface area contributed by atoms with Gasteiger partial charge in [0.05, 0.1) is 0 Å². The fourth-order valence-corrected chi connectivity index (χ4v) is 1.65. The third kappa shape index (κ3) is 4.14. The number of carbonyl (C=O) groups excluding carboxylic acids is 1. The molecule has 102 valence electrons. The minimum Gasteiger partial charge on any atom is -0.508 e. The molecule has 0 unspecified atom stereocenters. The maximum absolute atomic E-state index is 12.2. The maximum atomic E-state index is 12.2. The van der Waals surface area contributed by atoms with Crippen LogP contribution in [-0.4, -0.2) is 29.0 Å². The van der Waals surface area contributed by atoms with E-state index in [-0.39, 0.29) is 11.3 Å². The Morgan fingerprint density at radius 3 is 2.50 bits per heavy atom. The summed E-state index contributed by atoms with van der Waals surface area (Å²) in [5.74, 6) is -0.312. The van der Waals surface area contributed by atoms with Crippen LogP contribution in [0.2, 0.25) is 0 Å². The van der Waals surface area contributed by atoms with E-state index in [0.717, 1.165) is 0 Å². The van der Waals surface area contributed by atoms with E-state index in [0.29, 0.717) is 18.7 Å². The van der Waals surface area contributed by atoms with Crippen molar-refractivity contribution in [3.63, 3.8) is 0 Å². The first-order valence-electron chi connectivity index (χ1n) is 6.04. The summed E-state index contributed by atoms with van der Waals surface area (Å²) in [6, 6.07) is 8.24. The lowest BCUT2D eigenvalue weighted by Crippen LogP contribution is -2.32. The Kier molecular flexibility index (Phi) is 5.79. The molecule has 4 heteroatoms. The second kappa shape index (κ2) is 7.59. The molecule has 0 saturated carbocycles. The van der Waals surface area contributed by atoms with Crippen molar-refractivity contribution < 1.29 is 9.90 Å². The monoisotopic (exact) mass is 268 g/mol. The highest BCUT2D eigenvalue weighted by molar-refractivity contribution is 6.01. The van der Waals surface area contributed by atoms with Crippen molar-refractivity contribution >= 4 is 12.0 Å². The number of aromatic hydroxyl groups is 1. The number of nitrogens with zero attached hydrogens (tertiary/aromatic N) is 2. The van der Waals surface area contributed by atoms with E-state index in [2.05, 4.69) is 13.2 Å². The quantitative estimate of drug-likeness (QED) is 0.490. The van der Waals surface area contributed by atoms with Gasteiger partial charge in [-0.3, -0.25) is 4.79 Å². The highest BCUT2D eigenvalue weighted by Crippen LogP contribution is 2.15. The second-order valence-electron chi connectivity index (χ2n) is 4.05. The largest absolute Gasteiger partial charge is 0.508 e. The predicted octanol–water partition coefficient (Wildman–Crippen LogP) is 2.50. The van der Waals surface area contributed by atoms with Crippen molar-refractivity contribution in [1.29, 1.82) is 5.26 Å². The fourth-order valence-electron chi connectivity index (χ4n) is 1.65. The standard InChI is InChI=1S/C16H16N2O2/c1-3-8-18(9-4-2)16(20)14(12-17)10-13-6-5-7-15(19)11-13/h3-7,10-11,19H,1-2,8-9H2/b14-10+. The Morgan fingerprint density at radius 1 is 1.35 bits per heavy atom. The molecule has 0 fully saturated rings. The maximum Gasteiger partial charge on any atom is 0.265 e. The number of hydrogen-bond donors (Lipinski definition) is 1. The van der Waals surface area contributed by atoms with Crippen LogP contribution in [0.4, 0.5) is 0 Å². The zero-order valence-corrected chi connectivity index (χ0v) is 11.1. The molecule has 0 heterocycles. The Balaban J connectivity index is 3.05. The van der Waals surface area contributed by atoms with Crippen molar-refractivity contribution in [3.8, 4) is 11.8 Å². The fraction of sp³-hybridized carbons (Fsp3) is 0.125. The molecule has 0 saturated heterocycles. The molecular weight excluding hydrogens is 252 g/mol. The number of amides is 1. The third-order valence-corrected chi connectivity index (χ3v) is 2.52. The normalized spacial score (nSPS) is 10.4. The van der Waals surface area contributed by atoms with Crippen LogP contribution < -0.4 is 0 Å². The van der Waals surface area contributed by atoms with Crippen molar-refractivity contribution in [2.75, 3.05) is 13.1 Å². The van der Waals surface area contributed by atoms with Gasteiger partial charge in [0.25, 0.3) is 5.91 Å². The summed E-state index contributed by atoms with van der Waals surface area (Å²) in [6.07, 6.45) is 4.62. The number of nitriles is 1. The first-order valence-corrected chi connectivity index (χ1v) is 6.04. The minimum absolute atomic E-state index is 0.000648. The van der Waals surface area contributed by atoms with Crippen LogP contribution >= 0.6 is 0 Å². The van der Waals surface area contributed by atoms with Crippen LogP contribution in [-0.2, 0) is 4.79 Å². The molecule has 0 atom stereocenters. The topological polar surface area (TPSA) is 64.3 Å². The highest BCUT2D eigenvalue weighted by Gasteiger charge is 2.16. The summed E-state index contributed by atoms with van der Waals surface area (Å²) >= 11 is 0. The number of benzene rings is 1. The summed E-state index contributed by atoms with van der Waals surface area (Å²) in [5, 5.41) is 18.5. The second-order valence-corrected chi connectivity index (χ2v) is 4.05. The molecule has 0 bridgehead atoms. The van der Waals surface area contributed by atoms with Gasteiger partial charge in [0.1, 0.15) is 17.4 Å². The molecule has 0 aliphatic rings. The van der Waals surface area contributed by atoms with Gasteiger partial charge < -0.3 is 10.0 Å². The van der Waals surface area contributed by atoms with Gasteiger partial charge in [0.2, 0.25) is 0 Å². The summed E-state index contributed by atoms with van der Waals surface area (Å²) in [7, 11) is 0. The smallest absolute Gasteiger partial charge is 0.265 e. The minimum atomic E-state index is -0.393. The first-order chi connectivity index (χ1) is 9.62. The van der Waals surface area contributed by atoms with E-state index in [1.54, 1.807) is 24.3 Å². The Hall–Kier alpha value is -2.80. The van der Waals surface area contributed by atoms with E-state index >= 15 is 0 Å². The van der Waals surface area contributed by atoms with Crippen LogP contribution in [0.5, 0.6) is 5.75 Å². The predicted molar refractivity (Wildman–Crippen MR) is 78.7 cm³/mol. The van der Waals surface area contributed by atoms with Gasteiger partial charge in [-0.25, -0.2) is 0 Å². The van der Waals surface area contributed by atoms with Gasteiger partial charge >= 0.3 is 0 Å². The highest BCUT2D eigenvalue weighted by atomic mass is 16.3. The molecule has 1 rings (SSSR count). The Morgan fingerprint density at radius 2 is 2.00 bits per heavy atom. The van der Waals surface area contributed by atoms with E-state index in [4.69, 9.17) is 5.26 Å². The lowest BCUT2D eigenvalue weighted by atomic mass is 10.1. The van der Waals surface area contributed by atoms with E-state index in [1.807, 2.05) is 6.07 Å². The molecule has 20 heavy (non-hydrogen) atoms. The van der Waals surface area contributed by atoms with Gasteiger partial charge in [0, 0.05) is 13.1 Å². The summed E-state index contributed by atoms with van der Waals surface area (Å²) in [5.41, 5.74) is 0.589. The zero-order valence-electron chi connectivity index (χ0n) is 11.1. The van der Waals surface area contributed by atoms with Gasteiger partial charge in [-0.15, -0.1) is 13.2 Å². The zero-order chi connectivity index (χ0) is 15.0. The van der Waals surface area contributed by atoms with Crippen molar-refractivity contribution in [2.24, 2.45) is 0 Å². The Bertz CT molecular complexity index is 572. The van der Waals surface area contributed by atoms with Crippen molar-refractivity contribution in [3.05, 3.63) is 60.7 Å². The van der Waals surface area contributed by atoms with Crippen LogP contribution in [0.1, 0.15) is 5.56 Å². The van der Waals surface area contributed by atoms with Gasteiger partial charge in [-0.05, 0) is 23.8 Å². The molecule has 1 aromatic carbocycles. The van der Waals surface area contributed by atoms with E-state index < -0.39 is 5.91 Å². The molecule has 0 aromatic heterocycles. The molecule has 0 aliphatic heterocycles. The summed E-state index contributed by atoms with van der Waals surface area (Å²) in [6.45, 7) is 7.84. The third-order valence-electron chi connectivity index (χ3n) is 2.52. The molecule has 1 amide bonds. The molecular formula is C16H16N2O2. The molecule has 4 nitrogen and oxygen atoms in total. The number of carbonyl (C=O) groups is 1. The lowest BCUT2D eigenvalue weighted by Gasteiger charge is -2.18. The van der Waals surface area contributed by atoms with Crippen molar-refractivity contribution in [2.45, 2.75) is 0 Å². The first kappa shape index (κ1) is 15.3. The van der Waals surface area contributed by atoms with Crippen LogP contribution in [0.3, 0.4) is 0 Å². The lowest BCUT2D eigenvalue weighted by molar-refractivity contribution is -0.125. The SMILES string of the molecule is C=CCN(CC=C)C(=O)/C(C#N)=C/c1cccc(O)c1. The molecule has 1 aromatic rings. The summed E-state index contributed by atoms with van der Waals surface area (Å²) < 4.78 is 0. The van der Waals surface area contributed by atoms with Crippen LogP contribution in [0, 0.1) is 11.3 Å². The van der Waals surface area contributed by atoms with Crippen molar-refractivity contribution in [1.82, 2.24) is 4.90 Å². The average molecular weight is 268 g/mol. The van der Waals surface area contributed by atoms with Crippen LogP contribution in [0.15, 0.2) is 55.1 Å². The number of phenols is 1. The average Bonchev–Trinajstić information content (AvgIpc) is 2.44. The van der Waals surface area contributed by atoms with Gasteiger partial charge in [0.15, 0.2) is 0 Å². The van der Waals surface area contributed by atoms with Gasteiger partial charge in [-0.2, -0.15) is 5.26 Å². The number of rotatable bonds is 6. The molecule has 1 N–H and O–H groups in total. The molecule has 0 aliphatic carbocycles. The molecule has 0 radical (unpaired) electrons. The summed E-state index contributed by atoms with van der Waals surface area (Å²) in [4.78, 5) is 13.7. The number of hydrogen-bond acceptors (Lipinski definition) is 3. The number of phenolic OH excluding ortho intramolecular Hbond substituents is 1.